The molecule has 0 spiro atoms. The molecule has 0 heterocycles. The molecule has 0 bridgehead atoms. The Balaban J connectivity index is 2.15. The van der Waals surface area contributed by atoms with Crippen molar-refractivity contribution in [2.45, 2.75) is 12.8 Å². The van der Waals surface area contributed by atoms with Gasteiger partial charge in [0.15, 0.2) is 0 Å². The summed E-state index contributed by atoms with van der Waals surface area (Å²) in [4.78, 5) is 12.0. The summed E-state index contributed by atoms with van der Waals surface area (Å²) in [5.74, 6) is -2.97. The second kappa shape index (κ2) is 8.18. The first-order valence-electron chi connectivity index (χ1n) is 7.24. The normalized spacial score (nSPS) is 10.2. The maximum Gasteiger partial charge on any atom is 0.349 e. The number of esters is 1. The van der Waals surface area contributed by atoms with E-state index in [0.29, 0.717) is 30.6 Å². The Morgan fingerprint density at radius 2 is 1.79 bits per heavy atom. The summed E-state index contributed by atoms with van der Waals surface area (Å²) >= 11 is 0. The van der Waals surface area contributed by atoms with Crippen LogP contribution in [0.4, 0.5) is 8.78 Å². The molecule has 0 atom stereocenters. The van der Waals surface area contributed by atoms with Gasteiger partial charge >= 0.3 is 5.97 Å². The van der Waals surface area contributed by atoms with E-state index in [4.69, 9.17) is 14.7 Å². The van der Waals surface area contributed by atoms with Crippen LogP contribution in [0.5, 0.6) is 5.75 Å². The number of rotatable bonds is 6. The standard InChI is InChI=1S/C18H15F2NO3/c1-23-8-2-3-13-9-15(19)17(16(20)10-13)18(22)24-14-6-4-12(11-21)5-7-14/h4-7,9-10H,2-3,8H2,1H3. The summed E-state index contributed by atoms with van der Waals surface area (Å²) in [6, 6.07) is 9.79. The van der Waals surface area contributed by atoms with Crippen LogP contribution in [0.15, 0.2) is 36.4 Å². The molecule has 4 nitrogen and oxygen atoms in total. The van der Waals surface area contributed by atoms with E-state index < -0.39 is 23.2 Å². The van der Waals surface area contributed by atoms with E-state index in [1.807, 2.05) is 6.07 Å². The molecule has 0 aliphatic rings. The molecule has 0 aliphatic heterocycles. The Morgan fingerprint density at radius 1 is 1.17 bits per heavy atom. The first-order valence-corrected chi connectivity index (χ1v) is 7.24. The van der Waals surface area contributed by atoms with E-state index >= 15 is 0 Å². The fourth-order valence-corrected chi connectivity index (χ4v) is 2.14. The molecular weight excluding hydrogens is 316 g/mol. The maximum atomic E-state index is 14.1. The van der Waals surface area contributed by atoms with Gasteiger partial charge in [-0.2, -0.15) is 5.26 Å². The number of hydrogen-bond acceptors (Lipinski definition) is 4. The quantitative estimate of drug-likeness (QED) is 0.461. The highest BCUT2D eigenvalue weighted by Crippen LogP contribution is 2.20. The first-order chi connectivity index (χ1) is 11.5. The molecule has 0 saturated heterocycles. The van der Waals surface area contributed by atoms with Crippen LogP contribution in [0.2, 0.25) is 0 Å². The molecule has 0 aromatic heterocycles. The van der Waals surface area contributed by atoms with Crippen LogP contribution in [0, 0.1) is 23.0 Å². The molecule has 0 radical (unpaired) electrons. The number of halogens is 2. The lowest BCUT2D eigenvalue weighted by Crippen LogP contribution is -2.14. The Bertz CT molecular complexity index is 744. The summed E-state index contributed by atoms with van der Waals surface area (Å²) in [7, 11) is 1.55. The van der Waals surface area contributed by atoms with E-state index in [1.54, 1.807) is 7.11 Å². The summed E-state index contributed by atoms with van der Waals surface area (Å²) in [5.41, 5.74) is 0.0828. The number of carbonyl (C=O) groups is 1. The highest BCUT2D eigenvalue weighted by atomic mass is 19.1. The number of methoxy groups -OCH3 is 1. The predicted octanol–water partition coefficient (Wildman–Crippen LogP) is 3.63. The SMILES string of the molecule is COCCCc1cc(F)c(C(=O)Oc2ccc(C#N)cc2)c(F)c1. The van der Waals surface area contributed by atoms with Gasteiger partial charge in [-0.15, -0.1) is 0 Å². The third kappa shape index (κ3) is 4.37. The summed E-state index contributed by atoms with van der Waals surface area (Å²) < 4.78 is 38.0. The van der Waals surface area contributed by atoms with Crippen LogP contribution in [-0.4, -0.2) is 19.7 Å². The van der Waals surface area contributed by atoms with E-state index in [9.17, 15) is 13.6 Å². The van der Waals surface area contributed by atoms with Gasteiger partial charge in [0.2, 0.25) is 0 Å². The molecule has 2 aromatic rings. The van der Waals surface area contributed by atoms with E-state index in [-0.39, 0.29) is 5.75 Å². The van der Waals surface area contributed by atoms with Gasteiger partial charge in [-0.1, -0.05) is 0 Å². The van der Waals surface area contributed by atoms with Crippen LogP contribution in [0.25, 0.3) is 0 Å². The minimum Gasteiger partial charge on any atom is -0.423 e. The number of aryl methyl sites for hydroxylation is 1. The van der Waals surface area contributed by atoms with Gasteiger partial charge in [-0.05, 0) is 54.8 Å². The maximum absolute atomic E-state index is 14.1. The molecule has 6 heteroatoms. The molecular formula is C18H15F2NO3. The van der Waals surface area contributed by atoms with Gasteiger partial charge in [-0.3, -0.25) is 0 Å². The second-order valence-electron chi connectivity index (χ2n) is 5.06. The van der Waals surface area contributed by atoms with Crippen LogP contribution < -0.4 is 4.74 Å². The predicted molar refractivity (Wildman–Crippen MR) is 82.7 cm³/mol. The Hall–Kier alpha value is -2.78. The number of nitriles is 1. The number of benzene rings is 2. The summed E-state index contributed by atoms with van der Waals surface area (Å²) in [6.45, 7) is 0.478. The van der Waals surface area contributed by atoms with Crippen LogP contribution >= 0.6 is 0 Å². The molecule has 0 fully saturated rings. The van der Waals surface area contributed by atoms with Crippen molar-refractivity contribution in [3.8, 4) is 11.8 Å². The zero-order valence-electron chi connectivity index (χ0n) is 13.0. The first kappa shape index (κ1) is 17.6. The van der Waals surface area contributed by atoms with Gasteiger partial charge in [0.25, 0.3) is 0 Å². The van der Waals surface area contributed by atoms with Crippen molar-refractivity contribution in [3.63, 3.8) is 0 Å². The molecule has 2 rings (SSSR count). The highest BCUT2D eigenvalue weighted by Gasteiger charge is 2.20. The van der Waals surface area contributed by atoms with Crippen molar-refractivity contribution < 1.29 is 23.0 Å². The van der Waals surface area contributed by atoms with Crippen molar-refractivity contribution in [3.05, 3.63) is 64.7 Å². The van der Waals surface area contributed by atoms with Crippen LogP contribution in [0.3, 0.4) is 0 Å². The smallest absolute Gasteiger partial charge is 0.349 e. The average molecular weight is 331 g/mol. The van der Waals surface area contributed by atoms with Gasteiger partial charge in [0.1, 0.15) is 22.9 Å². The number of ether oxygens (including phenoxy) is 2. The molecule has 24 heavy (non-hydrogen) atoms. The van der Waals surface area contributed by atoms with Gasteiger partial charge in [-0.25, -0.2) is 13.6 Å². The lowest BCUT2D eigenvalue weighted by Gasteiger charge is -2.08. The molecule has 0 unspecified atom stereocenters. The molecule has 0 aliphatic carbocycles. The lowest BCUT2D eigenvalue weighted by atomic mass is 10.1. The topological polar surface area (TPSA) is 59.3 Å². The van der Waals surface area contributed by atoms with Crippen molar-refractivity contribution in [2.24, 2.45) is 0 Å². The molecule has 124 valence electrons. The largest absolute Gasteiger partial charge is 0.423 e. The lowest BCUT2D eigenvalue weighted by molar-refractivity contribution is 0.0724. The zero-order valence-corrected chi connectivity index (χ0v) is 13.0. The van der Waals surface area contributed by atoms with Crippen LogP contribution in [-0.2, 0) is 11.2 Å². The summed E-state index contributed by atoms with van der Waals surface area (Å²) in [6.07, 6.45) is 1.05. The molecule has 0 N–H and O–H groups in total. The fraction of sp³-hybridized carbons (Fsp3) is 0.222. The fourth-order valence-electron chi connectivity index (χ4n) is 2.14. The van der Waals surface area contributed by atoms with Gasteiger partial charge in [0.05, 0.1) is 11.6 Å². The van der Waals surface area contributed by atoms with E-state index in [2.05, 4.69) is 0 Å². The molecule has 2 aromatic carbocycles. The number of hydrogen-bond donors (Lipinski definition) is 0. The van der Waals surface area contributed by atoms with E-state index in [0.717, 1.165) is 12.1 Å². The number of carbonyl (C=O) groups excluding carboxylic acids is 1. The van der Waals surface area contributed by atoms with Crippen molar-refractivity contribution in [1.82, 2.24) is 0 Å². The summed E-state index contributed by atoms with van der Waals surface area (Å²) in [5, 5.41) is 8.70. The zero-order chi connectivity index (χ0) is 17.5. The Kier molecular flexibility index (Phi) is 5.99. The second-order valence-corrected chi connectivity index (χ2v) is 5.06. The minimum absolute atomic E-state index is 0.0990. The monoisotopic (exact) mass is 331 g/mol. The Morgan fingerprint density at radius 3 is 2.33 bits per heavy atom. The van der Waals surface area contributed by atoms with Crippen molar-refractivity contribution >= 4 is 5.97 Å². The third-order valence-corrected chi connectivity index (χ3v) is 3.31. The van der Waals surface area contributed by atoms with Crippen LogP contribution in [0.1, 0.15) is 27.9 Å². The van der Waals surface area contributed by atoms with Gasteiger partial charge in [0, 0.05) is 13.7 Å². The highest BCUT2D eigenvalue weighted by molar-refractivity contribution is 5.91. The van der Waals surface area contributed by atoms with Crippen molar-refractivity contribution in [1.29, 1.82) is 5.26 Å². The number of nitrogens with zero attached hydrogens (tertiary/aromatic N) is 1. The van der Waals surface area contributed by atoms with E-state index in [1.165, 1.54) is 24.3 Å². The minimum atomic E-state index is -1.13. The Labute approximate surface area is 138 Å². The van der Waals surface area contributed by atoms with Gasteiger partial charge < -0.3 is 9.47 Å². The average Bonchev–Trinajstić information content (AvgIpc) is 2.55. The third-order valence-electron chi connectivity index (χ3n) is 3.31. The molecule has 0 amide bonds. The molecule has 0 saturated carbocycles. The van der Waals surface area contributed by atoms with Crippen molar-refractivity contribution in [2.75, 3.05) is 13.7 Å².